The molecule has 2 aliphatic heterocycles. The highest BCUT2D eigenvalue weighted by molar-refractivity contribution is 6.14. The molecule has 0 bridgehead atoms. The number of aryl methyl sites for hydroxylation is 1. The third kappa shape index (κ3) is 3.01. The number of nitro benzene ring substituents is 1. The molecule has 148 valence electrons. The summed E-state index contributed by atoms with van der Waals surface area (Å²) in [6.45, 7) is 4.12. The molecule has 29 heavy (non-hydrogen) atoms. The molecule has 0 fully saturated rings. The molecule has 0 amide bonds. The zero-order valence-electron chi connectivity index (χ0n) is 15.7. The Morgan fingerprint density at radius 1 is 1.10 bits per heavy atom. The first-order valence-corrected chi connectivity index (χ1v) is 8.83. The number of nitrogens with zero attached hydrogens (tertiary/aromatic N) is 4. The van der Waals surface area contributed by atoms with Crippen LogP contribution in [-0.2, 0) is 6.42 Å². The van der Waals surface area contributed by atoms with Crippen LogP contribution in [-0.4, -0.2) is 27.1 Å². The monoisotopic (exact) mass is 412 g/mol. The van der Waals surface area contributed by atoms with Crippen LogP contribution >= 0.6 is 12.4 Å². The second-order valence-electron chi connectivity index (χ2n) is 6.80. The van der Waals surface area contributed by atoms with E-state index in [0.717, 1.165) is 33.9 Å². The fraction of sp³-hybridized carbons (Fsp3) is 0.200. The molecule has 5 rings (SSSR count). The SMILES string of the molecule is Cc1nc2n(c1C)N=C(c1ccc([N+](=O)[O-])cc1)c1cc3c(cc1C2)OCO3.Cl. The van der Waals surface area contributed by atoms with Gasteiger partial charge in [-0.05, 0) is 43.7 Å². The van der Waals surface area contributed by atoms with E-state index in [2.05, 4.69) is 4.98 Å². The highest BCUT2D eigenvalue weighted by atomic mass is 35.5. The third-order valence-corrected chi connectivity index (χ3v) is 5.14. The summed E-state index contributed by atoms with van der Waals surface area (Å²) >= 11 is 0. The first-order chi connectivity index (χ1) is 13.5. The van der Waals surface area contributed by atoms with Crippen LogP contribution in [0.1, 0.15) is 33.9 Å². The molecule has 9 heteroatoms. The van der Waals surface area contributed by atoms with Crippen molar-refractivity contribution in [3.05, 3.63) is 80.4 Å². The van der Waals surface area contributed by atoms with Crippen molar-refractivity contribution in [3.63, 3.8) is 0 Å². The van der Waals surface area contributed by atoms with E-state index in [0.29, 0.717) is 23.6 Å². The maximum Gasteiger partial charge on any atom is 0.269 e. The van der Waals surface area contributed by atoms with E-state index in [4.69, 9.17) is 14.6 Å². The Morgan fingerprint density at radius 2 is 1.79 bits per heavy atom. The molecule has 0 aliphatic carbocycles. The van der Waals surface area contributed by atoms with Gasteiger partial charge in [-0.15, -0.1) is 12.4 Å². The number of hydrogen-bond acceptors (Lipinski definition) is 6. The lowest BCUT2D eigenvalue weighted by molar-refractivity contribution is -0.384. The fourth-order valence-electron chi connectivity index (χ4n) is 3.55. The molecule has 2 aliphatic rings. The lowest BCUT2D eigenvalue weighted by Crippen LogP contribution is -2.08. The topological polar surface area (TPSA) is 91.8 Å². The second kappa shape index (κ2) is 6.89. The largest absolute Gasteiger partial charge is 0.454 e. The predicted molar refractivity (Wildman–Crippen MR) is 108 cm³/mol. The first-order valence-electron chi connectivity index (χ1n) is 8.83. The van der Waals surface area contributed by atoms with Gasteiger partial charge in [0.2, 0.25) is 6.79 Å². The Bertz CT molecular complexity index is 1170. The lowest BCUT2D eigenvalue weighted by atomic mass is 9.95. The number of fused-ring (bicyclic) bond motifs is 3. The lowest BCUT2D eigenvalue weighted by Gasteiger charge is -2.11. The number of hydrogen-bond donors (Lipinski definition) is 0. The average Bonchev–Trinajstić information content (AvgIpc) is 3.19. The number of non-ortho nitro benzene ring substituents is 1. The smallest absolute Gasteiger partial charge is 0.269 e. The molecule has 0 atom stereocenters. The molecule has 8 nitrogen and oxygen atoms in total. The van der Waals surface area contributed by atoms with Gasteiger partial charge in [0.25, 0.3) is 5.69 Å². The van der Waals surface area contributed by atoms with Crippen LogP contribution in [0.25, 0.3) is 0 Å². The van der Waals surface area contributed by atoms with Crippen molar-refractivity contribution in [2.75, 3.05) is 6.79 Å². The van der Waals surface area contributed by atoms with Crippen LogP contribution in [0, 0.1) is 24.0 Å². The maximum absolute atomic E-state index is 11.0. The summed E-state index contributed by atoms with van der Waals surface area (Å²) in [6.07, 6.45) is 0.598. The zero-order chi connectivity index (χ0) is 19.4. The standard InChI is InChI=1S/C20H16N4O4.ClH/c1-11-12(2)23-19(21-11)8-14-7-17-18(28-10-27-17)9-16(14)20(22-23)13-3-5-15(6-4-13)24(25)26;/h3-7,9H,8,10H2,1-2H3;1H. The Kier molecular flexibility index (Phi) is 4.50. The second-order valence-corrected chi connectivity index (χ2v) is 6.80. The molecule has 0 N–H and O–H groups in total. The van der Waals surface area contributed by atoms with Crippen molar-refractivity contribution in [2.24, 2.45) is 5.10 Å². The predicted octanol–water partition coefficient (Wildman–Crippen LogP) is 3.76. The summed E-state index contributed by atoms with van der Waals surface area (Å²) in [7, 11) is 0. The zero-order valence-corrected chi connectivity index (χ0v) is 16.5. The number of nitro groups is 1. The van der Waals surface area contributed by atoms with E-state index < -0.39 is 4.92 Å². The molecule has 1 aromatic heterocycles. The van der Waals surface area contributed by atoms with Crippen molar-refractivity contribution < 1.29 is 14.4 Å². The van der Waals surface area contributed by atoms with Crippen LogP contribution in [0.2, 0.25) is 0 Å². The van der Waals surface area contributed by atoms with Gasteiger partial charge in [0.1, 0.15) is 5.82 Å². The summed E-state index contributed by atoms with van der Waals surface area (Å²) in [6, 6.07) is 10.3. The summed E-state index contributed by atoms with van der Waals surface area (Å²) in [5, 5.41) is 15.9. The summed E-state index contributed by atoms with van der Waals surface area (Å²) in [4.78, 5) is 15.3. The van der Waals surface area contributed by atoms with Crippen molar-refractivity contribution in [1.29, 1.82) is 0 Å². The van der Waals surface area contributed by atoms with Gasteiger partial charge >= 0.3 is 0 Å². The van der Waals surface area contributed by atoms with E-state index in [9.17, 15) is 10.1 Å². The molecule has 3 heterocycles. The minimum absolute atomic E-state index is 0. The molecular weight excluding hydrogens is 396 g/mol. The molecule has 2 aromatic carbocycles. The minimum atomic E-state index is -0.411. The van der Waals surface area contributed by atoms with Crippen LogP contribution in [0.15, 0.2) is 41.5 Å². The fourth-order valence-corrected chi connectivity index (χ4v) is 3.55. The van der Waals surface area contributed by atoms with Crippen molar-refractivity contribution in [3.8, 4) is 11.5 Å². The van der Waals surface area contributed by atoms with E-state index >= 15 is 0 Å². The number of rotatable bonds is 2. The third-order valence-electron chi connectivity index (χ3n) is 5.14. The molecular formula is C20H17ClN4O4. The number of imidazole rings is 1. The maximum atomic E-state index is 11.0. The summed E-state index contributed by atoms with van der Waals surface area (Å²) < 4.78 is 12.9. The van der Waals surface area contributed by atoms with Crippen molar-refractivity contribution >= 4 is 23.8 Å². The van der Waals surface area contributed by atoms with Gasteiger partial charge in [-0.2, -0.15) is 5.10 Å². The molecule has 0 spiro atoms. The van der Waals surface area contributed by atoms with Gasteiger partial charge in [0.05, 0.1) is 22.0 Å². The number of ether oxygens (including phenoxy) is 2. The van der Waals surface area contributed by atoms with Crippen LogP contribution in [0.4, 0.5) is 5.69 Å². The van der Waals surface area contributed by atoms with E-state index in [1.54, 1.807) is 12.1 Å². The first kappa shape index (κ1) is 18.9. The molecule has 0 saturated carbocycles. The molecule has 0 unspecified atom stereocenters. The quantitative estimate of drug-likeness (QED) is 0.369. The molecule has 0 saturated heterocycles. The van der Waals surface area contributed by atoms with Gasteiger partial charge in [0.15, 0.2) is 11.5 Å². The summed E-state index contributed by atoms with van der Waals surface area (Å²) in [5.74, 6) is 2.21. The highest BCUT2D eigenvalue weighted by Gasteiger charge is 2.26. The van der Waals surface area contributed by atoms with Gasteiger partial charge in [-0.25, -0.2) is 9.66 Å². The van der Waals surface area contributed by atoms with E-state index in [1.165, 1.54) is 12.1 Å². The van der Waals surface area contributed by atoms with Crippen molar-refractivity contribution in [2.45, 2.75) is 20.3 Å². The normalized spacial score (nSPS) is 13.7. The summed E-state index contributed by atoms with van der Waals surface area (Å²) in [5.41, 5.74) is 5.34. The van der Waals surface area contributed by atoms with Crippen LogP contribution in [0.3, 0.4) is 0 Å². The minimum Gasteiger partial charge on any atom is -0.454 e. The Labute approximate surface area is 172 Å². The van der Waals surface area contributed by atoms with E-state index in [-0.39, 0.29) is 24.9 Å². The Morgan fingerprint density at radius 3 is 2.48 bits per heavy atom. The number of halogens is 1. The van der Waals surface area contributed by atoms with Gasteiger partial charge in [0, 0.05) is 29.7 Å². The highest BCUT2D eigenvalue weighted by Crippen LogP contribution is 2.37. The van der Waals surface area contributed by atoms with Gasteiger partial charge in [-0.1, -0.05) is 0 Å². The Hall–Kier alpha value is -3.39. The van der Waals surface area contributed by atoms with Crippen molar-refractivity contribution in [1.82, 2.24) is 9.66 Å². The molecule has 3 aromatic rings. The number of benzene rings is 2. The van der Waals surface area contributed by atoms with Crippen LogP contribution < -0.4 is 9.47 Å². The Balaban J connectivity index is 0.00000205. The average molecular weight is 413 g/mol. The molecule has 0 radical (unpaired) electrons. The van der Waals surface area contributed by atoms with Gasteiger partial charge in [-0.3, -0.25) is 10.1 Å². The van der Waals surface area contributed by atoms with Gasteiger partial charge < -0.3 is 9.47 Å². The van der Waals surface area contributed by atoms with Crippen LogP contribution in [0.5, 0.6) is 11.5 Å². The number of aromatic nitrogens is 2. The van der Waals surface area contributed by atoms with E-state index in [1.807, 2.05) is 30.7 Å².